The molecule has 2 rings (SSSR count). The van der Waals surface area contributed by atoms with Gasteiger partial charge in [0.25, 0.3) is 0 Å². The molecule has 18 heavy (non-hydrogen) atoms. The number of hydrogen-bond donors (Lipinski definition) is 1. The molecule has 1 aromatic carbocycles. The number of thiazole rings is 1. The van der Waals surface area contributed by atoms with Crippen molar-refractivity contribution in [1.29, 1.82) is 0 Å². The summed E-state index contributed by atoms with van der Waals surface area (Å²) >= 11 is 1.24. The Labute approximate surface area is 110 Å². The number of hydrogen-bond acceptors (Lipinski definition) is 4. The summed E-state index contributed by atoms with van der Waals surface area (Å²) in [6, 6.07) is 7.35. The van der Waals surface area contributed by atoms with E-state index in [1.165, 1.54) is 11.3 Å². The lowest BCUT2D eigenvalue weighted by atomic mass is 10.3. The van der Waals surface area contributed by atoms with E-state index in [-0.39, 0.29) is 4.87 Å². The summed E-state index contributed by atoms with van der Waals surface area (Å²) in [6.07, 6.45) is 0.798. The molecule has 5 heteroatoms. The SMILES string of the molecule is Cc1csc(=O)n1CCCOc1cccc(N)c1. The summed E-state index contributed by atoms with van der Waals surface area (Å²) in [5.41, 5.74) is 7.36. The van der Waals surface area contributed by atoms with Gasteiger partial charge in [-0.25, -0.2) is 0 Å². The molecule has 1 aromatic heterocycles. The van der Waals surface area contributed by atoms with Gasteiger partial charge < -0.3 is 15.0 Å². The highest BCUT2D eigenvalue weighted by atomic mass is 32.1. The van der Waals surface area contributed by atoms with Crippen LogP contribution in [-0.2, 0) is 6.54 Å². The number of aromatic nitrogens is 1. The van der Waals surface area contributed by atoms with Crippen molar-refractivity contribution in [1.82, 2.24) is 4.57 Å². The molecule has 1 heterocycles. The Balaban J connectivity index is 1.82. The zero-order valence-corrected chi connectivity index (χ0v) is 11.1. The Morgan fingerprint density at radius 1 is 1.44 bits per heavy atom. The molecule has 0 aliphatic rings. The van der Waals surface area contributed by atoms with E-state index in [9.17, 15) is 4.79 Å². The molecule has 0 atom stereocenters. The second kappa shape index (κ2) is 5.73. The minimum atomic E-state index is 0.0939. The number of aryl methyl sites for hydroxylation is 1. The first kappa shape index (κ1) is 12.7. The third kappa shape index (κ3) is 3.13. The first-order chi connectivity index (χ1) is 8.66. The van der Waals surface area contributed by atoms with Crippen LogP contribution in [0.5, 0.6) is 5.75 Å². The lowest BCUT2D eigenvalue weighted by molar-refractivity contribution is 0.301. The maximum atomic E-state index is 11.5. The maximum Gasteiger partial charge on any atom is 0.307 e. The van der Waals surface area contributed by atoms with Gasteiger partial charge in [0.1, 0.15) is 5.75 Å². The largest absolute Gasteiger partial charge is 0.493 e. The molecule has 0 aliphatic heterocycles. The van der Waals surface area contributed by atoms with E-state index in [1.54, 1.807) is 10.6 Å². The highest BCUT2D eigenvalue weighted by Crippen LogP contribution is 2.14. The second-order valence-electron chi connectivity index (χ2n) is 4.07. The molecule has 0 unspecified atom stereocenters. The smallest absolute Gasteiger partial charge is 0.307 e. The summed E-state index contributed by atoms with van der Waals surface area (Å²) < 4.78 is 7.34. The lowest BCUT2D eigenvalue weighted by Crippen LogP contribution is -2.16. The monoisotopic (exact) mass is 264 g/mol. The van der Waals surface area contributed by atoms with Crippen molar-refractivity contribution in [2.24, 2.45) is 0 Å². The van der Waals surface area contributed by atoms with Gasteiger partial charge in [0, 0.05) is 29.4 Å². The van der Waals surface area contributed by atoms with Crippen LogP contribution in [0.2, 0.25) is 0 Å². The standard InChI is InChI=1S/C13H16N2O2S/c1-10-9-18-13(16)15(10)6-3-7-17-12-5-2-4-11(14)8-12/h2,4-5,8-9H,3,6-7,14H2,1H3. The summed E-state index contributed by atoms with van der Waals surface area (Å²) in [7, 11) is 0. The molecular formula is C13H16N2O2S. The van der Waals surface area contributed by atoms with Crippen molar-refractivity contribution in [3.05, 3.63) is 45.0 Å². The van der Waals surface area contributed by atoms with Gasteiger partial charge in [0.05, 0.1) is 6.61 Å². The predicted octanol–water partition coefficient (Wildman–Crippen LogP) is 2.27. The molecule has 96 valence electrons. The van der Waals surface area contributed by atoms with Crippen LogP contribution in [0, 0.1) is 6.92 Å². The quantitative estimate of drug-likeness (QED) is 0.665. The van der Waals surface area contributed by atoms with Gasteiger partial charge in [0.15, 0.2) is 0 Å². The van der Waals surface area contributed by atoms with Gasteiger partial charge in [-0.05, 0) is 25.5 Å². The summed E-state index contributed by atoms with van der Waals surface area (Å²) in [4.78, 5) is 11.6. The number of ether oxygens (including phenoxy) is 1. The minimum absolute atomic E-state index is 0.0939. The van der Waals surface area contributed by atoms with Gasteiger partial charge in [-0.1, -0.05) is 17.4 Å². The molecule has 0 saturated carbocycles. The molecular weight excluding hydrogens is 248 g/mol. The van der Waals surface area contributed by atoms with E-state index in [0.717, 1.165) is 17.9 Å². The average Bonchev–Trinajstić information content (AvgIpc) is 2.66. The molecule has 0 radical (unpaired) electrons. The number of anilines is 1. The molecule has 0 aliphatic carbocycles. The zero-order chi connectivity index (χ0) is 13.0. The number of nitrogen functional groups attached to an aromatic ring is 1. The normalized spacial score (nSPS) is 10.5. The minimum Gasteiger partial charge on any atom is -0.493 e. The van der Waals surface area contributed by atoms with Gasteiger partial charge in [0.2, 0.25) is 0 Å². The van der Waals surface area contributed by atoms with Crippen molar-refractivity contribution in [3.63, 3.8) is 0 Å². The van der Waals surface area contributed by atoms with Crippen LogP contribution in [0.3, 0.4) is 0 Å². The van der Waals surface area contributed by atoms with E-state index >= 15 is 0 Å². The Morgan fingerprint density at radius 2 is 2.28 bits per heavy atom. The summed E-state index contributed by atoms with van der Waals surface area (Å²) in [6.45, 7) is 3.21. The van der Waals surface area contributed by atoms with Crippen LogP contribution in [0.25, 0.3) is 0 Å². The highest BCUT2D eigenvalue weighted by molar-refractivity contribution is 7.07. The summed E-state index contributed by atoms with van der Waals surface area (Å²) in [5.74, 6) is 0.768. The fourth-order valence-electron chi connectivity index (χ4n) is 1.69. The van der Waals surface area contributed by atoms with Crippen molar-refractivity contribution in [2.75, 3.05) is 12.3 Å². The van der Waals surface area contributed by atoms with Gasteiger partial charge >= 0.3 is 4.87 Å². The molecule has 0 spiro atoms. The number of benzene rings is 1. The van der Waals surface area contributed by atoms with E-state index < -0.39 is 0 Å². The Morgan fingerprint density at radius 3 is 2.94 bits per heavy atom. The molecule has 0 fully saturated rings. The molecule has 2 N–H and O–H groups in total. The molecule has 2 aromatic rings. The first-order valence-electron chi connectivity index (χ1n) is 5.80. The van der Waals surface area contributed by atoms with Crippen molar-refractivity contribution < 1.29 is 4.74 Å². The maximum absolute atomic E-state index is 11.5. The van der Waals surface area contributed by atoms with Crippen LogP contribution in [0.15, 0.2) is 34.4 Å². The van der Waals surface area contributed by atoms with Crippen LogP contribution < -0.4 is 15.3 Å². The van der Waals surface area contributed by atoms with E-state index in [2.05, 4.69) is 0 Å². The number of rotatable bonds is 5. The number of nitrogens with zero attached hydrogens (tertiary/aromatic N) is 1. The average molecular weight is 264 g/mol. The van der Waals surface area contributed by atoms with E-state index in [4.69, 9.17) is 10.5 Å². The van der Waals surface area contributed by atoms with Gasteiger partial charge in [-0.15, -0.1) is 0 Å². The fraction of sp³-hybridized carbons (Fsp3) is 0.308. The number of nitrogens with two attached hydrogens (primary N) is 1. The van der Waals surface area contributed by atoms with Gasteiger partial charge in [-0.2, -0.15) is 0 Å². The predicted molar refractivity (Wildman–Crippen MR) is 74.3 cm³/mol. The Hall–Kier alpha value is -1.75. The summed E-state index contributed by atoms with van der Waals surface area (Å²) in [5, 5.41) is 1.88. The molecule has 0 saturated heterocycles. The third-order valence-electron chi connectivity index (χ3n) is 2.63. The van der Waals surface area contributed by atoms with Crippen molar-refractivity contribution in [3.8, 4) is 5.75 Å². The highest BCUT2D eigenvalue weighted by Gasteiger charge is 2.02. The van der Waals surface area contributed by atoms with Crippen molar-refractivity contribution in [2.45, 2.75) is 19.9 Å². The van der Waals surface area contributed by atoms with Crippen LogP contribution in [-0.4, -0.2) is 11.2 Å². The lowest BCUT2D eigenvalue weighted by Gasteiger charge is -2.07. The van der Waals surface area contributed by atoms with E-state index in [0.29, 0.717) is 18.8 Å². The van der Waals surface area contributed by atoms with Crippen LogP contribution >= 0.6 is 11.3 Å². The Bertz CT molecular complexity index is 574. The first-order valence-corrected chi connectivity index (χ1v) is 6.68. The second-order valence-corrected chi connectivity index (χ2v) is 4.89. The van der Waals surface area contributed by atoms with E-state index in [1.807, 2.05) is 30.5 Å². The van der Waals surface area contributed by atoms with Crippen LogP contribution in [0.4, 0.5) is 5.69 Å². The van der Waals surface area contributed by atoms with Gasteiger partial charge in [-0.3, -0.25) is 4.79 Å². The van der Waals surface area contributed by atoms with Crippen molar-refractivity contribution >= 4 is 17.0 Å². The molecule has 0 amide bonds. The Kier molecular flexibility index (Phi) is 4.04. The third-order valence-corrected chi connectivity index (χ3v) is 3.51. The molecule has 0 bridgehead atoms. The fourth-order valence-corrected chi connectivity index (χ4v) is 2.45. The molecule has 4 nitrogen and oxygen atoms in total. The topological polar surface area (TPSA) is 57.2 Å². The van der Waals surface area contributed by atoms with Crippen LogP contribution in [0.1, 0.15) is 12.1 Å². The zero-order valence-electron chi connectivity index (χ0n) is 10.3.